The largest absolute Gasteiger partial charge is 0.356 e. The summed E-state index contributed by atoms with van der Waals surface area (Å²) >= 11 is 0. The fraction of sp³-hybridized carbons (Fsp3) is 0.923. The van der Waals surface area contributed by atoms with E-state index in [0.717, 1.165) is 13.0 Å². The number of hydrogen-bond donors (Lipinski definition) is 1. The van der Waals surface area contributed by atoms with Crippen molar-refractivity contribution in [3.8, 4) is 0 Å². The van der Waals surface area contributed by atoms with Crippen LogP contribution in [0.2, 0.25) is 0 Å². The van der Waals surface area contributed by atoms with Crippen molar-refractivity contribution in [3.63, 3.8) is 0 Å². The summed E-state index contributed by atoms with van der Waals surface area (Å²) in [5.41, 5.74) is 0. The van der Waals surface area contributed by atoms with Crippen LogP contribution in [0, 0.1) is 0 Å². The van der Waals surface area contributed by atoms with Gasteiger partial charge >= 0.3 is 0 Å². The molecule has 0 aromatic heterocycles. The summed E-state index contributed by atoms with van der Waals surface area (Å²) in [6, 6.07) is 0.0709. The van der Waals surface area contributed by atoms with Gasteiger partial charge < -0.3 is 15.1 Å². The molecule has 0 spiro atoms. The Morgan fingerprint density at radius 2 is 1.95 bits per heavy atom. The van der Waals surface area contributed by atoms with Gasteiger partial charge in [0.1, 0.15) is 0 Å². The van der Waals surface area contributed by atoms with Crippen molar-refractivity contribution in [2.45, 2.75) is 25.3 Å². The highest BCUT2D eigenvalue weighted by molar-refractivity contribution is 7.91. The maximum atomic E-state index is 11.7. The molecule has 0 aromatic carbocycles. The van der Waals surface area contributed by atoms with E-state index in [0.29, 0.717) is 25.9 Å². The van der Waals surface area contributed by atoms with Crippen LogP contribution >= 0.6 is 0 Å². The van der Waals surface area contributed by atoms with Gasteiger partial charge in [0.15, 0.2) is 9.84 Å². The van der Waals surface area contributed by atoms with Crippen molar-refractivity contribution in [2.75, 3.05) is 52.3 Å². The first-order valence-corrected chi connectivity index (χ1v) is 8.94. The smallest absolute Gasteiger partial charge is 0.221 e. The van der Waals surface area contributed by atoms with E-state index < -0.39 is 9.84 Å². The first-order chi connectivity index (χ1) is 9.30. The molecule has 1 saturated heterocycles. The molecule has 0 radical (unpaired) electrons. The fourth-order valence-corrected chi connectivity index (χ4v) is 4.10. The molecule has 1 aliphatic heterocycles. The third-order valence-corrected chi connectivity index (χ3v) is 5.38. The number of carbonyl (C=O) groups is 1. The van der Waals surface area contributed by atoms with Crippen molar-refractivity contribution in [1.29, 1.82) is 0 Å². The molecular weight excluding hydrogens is 278 g/mol. The van der Waals surface area contributed by atoms with Crippen molar-refractivity contribution >= 4 is 15.7 Å². The number of nitrogens with zero attached hydrogens (tertiary/aromatic N) is 2. The molecule has 1 rings (SSSR count). The maximum absolute atomic E-state index is 11.7. The summed E-state index contributed by atoms with van der Waals surface area (Å²) in [7, 11) is 3.05. The van der Waals surface area contributed by atoms with Gasteiger partial charge in [-0.2, -0.15) is 0 Å². The Balaban J connectivity index is 2.14. The summed E-state index contributed by atoms with van der Waals surface area (Å²) < 4.78 is 22.8. The Hall–Kier alpha value is -0.660. The second kappa shape index (κ2) is 7.95. The van der Waals surface area contributed by atoms with Crippen molar-refractivity contribution < 1.29 is 13.2 Å². The lowest BCUT2D eigenvalue weighted by Crippen LogP contribution is -2.36. The third kappa shape index (κ3) is 6.67. The van der Waals surface area contributed by atoms with Gasteiger partial charge in [0, 0.05) is 25.6 Å². The van der Waals surface area contributed by atoms with Gasteiger partial charge in [-0.25, -0.2) is 8.42 Å². The van der Waals surface area contributed by atoms with E-state index in [4.69, 9.17) is 0 Å². The molecule has 20 heavy (non-hydrogen) atoms. The molecule has 118 valence electrons. The Kier molecular flexibility index (Phi) is 6.91. The maximum Gasteiger partial charge on any atom is 0.221 e. The van der Waals surface area contributed by atoms with E-state index in [-0.39, 0.29) is 23.5 Å². The molecule has 1 N–H and O–H groups in total. The zero-order chi connectivity index (χ0) is 15.2. The SMILES string of the molecule is CN(C)CCCNC(=O)CCN(C)C1CCS(=O)(=O)C1. The predicted molar refractivity (Wildman–Crippen MR) is 80.5 cm³/mol. The van der Waals surface area contributed by atoms with Crippen LogP contribution in [-0.2, 0) is 14.6 Å². The van der Waals surface area contributed by atoms with Gasteiger partial charge in [0.25, 0.3) is 0 Å². The number of amides is 1. The molecule has 0 bridgehead atoms. The van der Waals surface area contributed by atoms with Crippen molar-refractivity contribution in [3.05, 3.63) is 0 Å². The minimum Gasteiger partial charge on any atom is -0.356 e. The summed E-state index contributed by atoms with van der Waals surface area (Å²) in [5, 5.41) is 2.89. The monoisotopic (exact) mass is 305 g/mol. The van der Waals surface area contributed by atoms with E-state index in [1.807, 2.05) is 26.0 Å². The van der Waals surface area contributed by atoms with Crippen LogP contribution in [0.1, 0.15) is 19.3 Å². The van der Waals surface area contributed by atoms with E-state index in [2.05, 4.69) is 10.2 Å². The van der Waals surface area contributed by atoms with Crippen molar-refractivity contribution in [2.24, 2.45) is 0 Å². The van der Waals surface area contributed by atoms with Crippen LogP contribution in [0.3, 0.4) is 0 Å². The Morgan fingerprint density at radius 3 is 2.50 bits per heavy atom. The molecule has 1 aliphatic rings. The highest BCUT2D eigenvalue weighted by Gasteiger charge is 2.30. The predicted octanol–water partition coefficient (Wildman–Crippen LogP) is -0.437. The summed E-state index contributed by atoms with van der Waals surface area (Å²) in [6.07, 6.45) is 2.05. The molecule has 1 heterocycles. The second-order valence-corrected chi connectivity index (χ2v) is 8.02. The lowest BCUT2D eigenvalue weighted by atomic mass is 10.2. The summed E-state index contributed by atoms with van der Waals surface area (Å²) in [5.74, 6) is 0.545. The van der Waals surface area contributed by atoms with Gasteiger partial charge in [0.2, 0.25) is 5.91 Å². The van der Waals surface area contributed by atoms with Crippen LogP contribution < -0.4 is 5.32 Å². The zero-order valence-corrected chi connectivity index (χ0v) is 13.6. The fourth-order valence-electron chi connectivity index (χ4n) is 2.29. The van der Waals surface area contributed by atoms with Crippen LogP contribution in [0.15, 0.2) is 0 Å². The van der Waals surface area contributed by atoms with Crippen LogP contribution in [0.5, 0.6) is 0 Å². The molecule has 6 nitrogen and oxygen atoms in total. The van der Waals surface area contributed by atoms with E-state index in [1.165, 1.54) is 0 Å². The average molecular weight is 305 g/mol. The first-order valence-electron chi connectivity index (χ1n) is 7.12. The Bertz CT molecular complexity index is 409. The Morgan fingerprint density at radius 1 is 1.25 bits per heavy atom. The lowest BCUT2D eigenvalue weighted by Gasteiger charge is -2.22. The van der Waals surface area contributed by atoms with E-state index >= 15 is 0 Å². The molecule has 0 aliphatic carbocycles. The normalized spacial score (nSPS) is 21.6. The topological polar surface area (TPSA) is 69.7 Å². The lowest BCUT2D eigenvalue weighted by molar-refractivity contribution is -0.121. The minimum atomic E-state index is -2.85. The van der Waals surface area contributed by atoms with E-state index in [9.17, 15) is 13.2 Å². The first kappa shape index (κ1) is 17.4. The molecule has 1 amide bonds. The zero-order valence-electron chi connectivity index (χ0n) is 12.8. The molecule has 1 atom stereocenters. The number of sulfone groups is 1. The quantitative estimate of drug-likeness (QED) is 0.616. The van der Waals surface area contributed by atoms with Crippen LogP contribution in [-0.4, -0.2) is 82.4 Å². The van der Waals surface area contributed by atoms with Gasteiger partial charge in [-0.15, -0.1) is 0 Å². The number of carbonyl (C=O) groups excluding carboxylic acids is 1. The van der Waals surface area contributed by atoms with Crippen LogP contribution in [0.4, 0.5) is 0 Å². The highest BCUT2D eigenvalue weighted by Crippen LogP contribution is 2.16. The average Bonchev–Trinajstić information content (AvgIpc) is 2.72. The standard InChI is InChI=1S/C13H27N3O3S/c1-15(2)8-4-7-14-13(17)5-9-16(3)12-6-10-20(18,19)11-12/h12H,4-11H2,1-3H3,(H,14,17). The molecule has 1 fully saturated rings. The van der Waals surface area contributed by atoms with Gasteiger partial charge in [-0.3, -0.25) is 4.79 Å². The summed E-state index contributed by atoms with van der Waals surface area (Å²) in [4.78, 5) is 15.7. The molecule has 7 heteroatoms. The third-order valence-electron chi connectivity index (χ3n) is 3.63. The van der Waals surface area contributed by atoms with E-state index in [1.54, 1.807) is 0 Å². The number of rotatable bonds is 8. The van der Waals surface area contributed by atoms with Gasteiger partial charge in [0.05, 0.1) is 11.5 Å². The second-order valence-electron chi connectivity index (χ2n) is 5.79. The minimum absolute atomic E-state index is 0.0384. The number of hydrogen-bond acceptors (Lipinski definition) is 5. The summed E-state index contributed by atoms with van der Waals surface area (Å²) in [6.45, 7) is 2.26. The number of nitrogens with one attached hydrogen (secondary N) is 1. The Labute approximate surface area is 122 Å². The van der Waals surface area contributed by atoms with Gasteiger partial charge in [-0.1, -0.05) is 0 Å². The van der Waals surface area contributed by atoms with Gasteiger partial charge in [-0.05, 0) is 40.5 Å². The highest BCUT2D eigenvalue weighted by atomic mass is 32.2. The van der Waals surface area contributed by atoms with Crippen molar-refractivity contribution in [1.82, 2.24) is 15.1 Å². The molecular formula is C13H27N3O3S. The molecule has 1 unspecified atom stereocenters. The molecule has 0 saturated carbocycles. The van der Waals surface area contributed by atoms with Crippen LogP contribution in [0.25, 0.3) is 0 Å². The molecule has 0 aromatic rings.